The molecule has 0 bridgehead atoms. The van der Waals surface area contributed by atoms with Gasteiger partial charge in [-0.05, 0) is 5.56 Å². The molecule has 0 atom stereocenters. The van der Waals surface area contributed by atoms with Gasteiger partial charge in [0.25, 0.3) is 0 Å². The van der Waals surface area contributed by atoms with E-state index in [0.29, 0.717) is 12.0 Å². The quantitative estimate of drug-likeness (QED) is 0.545. The summed E-state index contributed by atoms with van der Waals surface area (Å²) in [7, 11) is 0. The van der Waals surface area contributed by atoms with Gasteiger partial charge in [0.1, 0.15) is 0 Å². The fourth-order valence-corrected chi connectivity index (χ4v) is 1.32. The Hall–Kier alpha value is -0.860. The Morgan fingerprint density at radius 3 is 2.27 bits per heavy atom. The monoisotopic (exact) mass is 152 g/mol. The highest BCUT2D eigenvalue weighted by atomic mass is 16.5. The van der Waals surface area contributed by atoms with Gasteiger partial charge in [-0.15, -0.1) is 0 Å². The summed E-state index contributed by atoms with van der Waals surface area (Å²) in [6.45, 7) is 0. The average molecular weight is 152 g/mol. The topological polar surface area (TPSA) is 40.5 Å². The first kappa shape index (κ1) is 8.24. The maximum atomic E-state index is 9.12. The third-order valence-electron chi connectivity index (χ3n) is 1.89. The summed E-state index contributed by atoms with van der Waals surface area (Å²) in [5.41, 5.74) is 1.68. The Morgan fingerprint density at radius 1 is 1.18 bits per heavy atom. The smallest absolute Gasteiger partial charge is 0.194 e. The Morgan fingerprint density at radius 2 is 1.82 bits per heavy atom. The van der Waals surface area contributed by atoms with Crippen LogP contribution in [0.1, 0.15) is 18.6 Å². The molecule has 60 valence electrons. The van der Waals surface area contributed by atoms with Crippen LogP contribution >= 0.6 is 0 Å². The molecule has 0 radical (unpaired) electrons. The molecule has 0 aliphatic heterocycles. The van der Waals surface area contributed by atoms with Crippen LogP contribution in [0.3, 0.4) is 0 Å². The Labute approximate surface area is 66.1 Å². The lowest BCUT2D eigenvalue weighted by Gasteiger charge is -2.33. The molecular formula is C9H12O2. The van der Waals surface area contributed by atoms with Crippen molar-refractivity contribution in [1.82, 2.24) is 0 Å². The number of hydrogen-bond donors (Lipinski definition) is 2. The zero-order valence-electron chi connectivity index (χ0n) is 5.41. The maximum Gasteiger partial charge on any atom is 0.194 e. The number of benzene rings is 1. The van der Waals surface area contributed by atoms with E-state index in [1.165, 1.54) is 0 Å². The van der Waals surface area contributed by atoms with Crippen molar-refractivity contribution in [3.63, 3.8) is 0 Å². The fraction of sp³-hybridized carbons (Fsp3) is 0.333. The van der Waals surface area contributed by atoms with Crippen molar-refractivity contribution in [2.75, 3.05) is 0 Å². The Balaban J connectivity index is 0.000000605. The van der Waals surface area contributed by atoms with Gasteiger partial charge in [-0.1, -0.05) is 31.7 Å². The van der Waals surface area contributed by atoms with Gasteiger partial charge in [-0.2, -0.15) is 0 Å². The molecule has 0 spiro atoms. The molecule has 2 nitrogen and oxygen atoms in total. The van der Waals surface area contributed by atoms with Crippen molar-refractivity contribution in [3.05, 3.63) is 35.4 Å². The maximum absolute atomic E-state index is 9.12. The van der Waals surface area contributed by atoms with Gasteiger partial charge in [0, 0.05) is 12.0 Å². The Bertz CT molecular complexity index is 266. The van der Waals surface area contributed by atoms with Crippen LogP contribution in [0.4, 0.5) is 0 Å². The molecule has 0 fully saturated rings. The summed E-state index contributed by atoms with van der Waals surface area (Å²) in [6.07, 6.45) is 0.364. The van der Waals surface area contributed by atoms with Crippen molar-refractivity contribution in [1.29, 1.82) is 0 Å². The van der Waals surface area contributed by atoms with Gasteiger partial charge in [0.15, 0.2) is 5.79 Å². The van der Waals surface area contributed by atoms with Gasteiger partial charge in [-0.3, -0.25) is 0 Å². The first-order valence-electron chi connectivity index (χ1n) is 3.23. The normalized spacial score (nSPS) is 17.6. The lowest BCUT2D eigenvalue weighted by molar-refractivity contribution is -0.186. The van der Waals surface area contributed by atoms with Crippen LogP contribution in [-0.4, -0.2) is 10.2 Å². The van der Waals surface area contributed by atoms with E-state index in [-0.39, 0.29) is 7.43 Å². The molecule has 1 aromatic rings. The molecule has 2 rings (SSSR count). The lowest BCUT2D eigenvalue weighted by atomic mass is 9.82. The molecule has 0 aromatic heterocycles. The van der Waals surface area contributed by atoms with E-state index in [2.05, 4.69) is 0 Å². The molecule has 0 saturated carbocycles. The number of hydrogen-bond acceptors (Lipinski definition) is 2. The zero-order chi connectivity index (χ0) is 7.19. The van der Waals surface area contributed by atoms with Crippen molar-refractivity contribution in [2.24, 2.45) is 0 Å². The first-order valence-corrected chi connectivity index (χ1v) is 3.23. The van der Waals surface area contributed by atoms with E-state index in [0.717, 1.165) is 5.56 Å². The van der Waals surface area contributed by atoms with Crippen molar-refractivity contribution in [2.45, 2.75) is 19.6 Å². The molecule has 11 heavy (non-hydrogen) atoms. The minimum atomic E-state index is -1.55. The van der Waals surface area contributed by atoms with E-state index in [9.17, 15) is 0 Å². The van der Waals surface area contributed by atoms with Crippen molar-refractivity contribution in [3.8, 4) is 0 Å². The zero-order valence-corrected chi connectivity index (χ0v) is 5.41. The second kappa shape index (κ2) is 2.32. The fourth-order valence-electron chi connectivity index (χ4n) is 1.32. The minimum absolute atomic E-state index is 0. The van der Waals surface area contributed by atoms with E-state index in [4.69, 9.17) is 10.2 Å². The van der Waals surface area contributed by atoms with Crippen LogP contribution in [0.25, 0.3) is 0 Å². The molecule has 2 heteroatoms. The lowest BCUT2D eigenvalue weighted by Crippen LogP contribution is -2.37. The number of aliphatic hydroxyl groups is 2. The van der Waals surface area contributed by atoms with Crippen LogP contribution < -0.4 is 0 Å². The summed E-state index contributed by atoms with van der Waals surface area (Å²) in [4.78, 5) is 0. The third-order valence-corrected chi connectivity index (χ3v) is 1.89. The first-order chi connectivity index (χ1) is 4.70. The summed E-state index contributed by atoms with van der Waals surface area (Å²) in [5.74, 6) is -1.55. The number of fused-ring (bicyclic) bond motifs is 1. The summed E-state index contributed by atoms with van der Waals surface area (Å²) < 4.78 is 0. The molecule has 1 aliphatic carbocycles. The van der Waals surface area contributed by atoms with Crippen LogP contribution in [0.15, 0.2) is 24.3 Å². The SMILES string of the molecule is C.OC1(O)Cc2ccccc21. The summed E-state index contributed by atoms with van der Waals surface area (Å²) in [6, 6.07) is 7.34. The molecule has 1 aromatic carbocycles. The molecule has 0 heterocycles. The largest absolute Gasteiger partial charge is 0.362 e. The average Bonchev–Trinajstić information content (AvgIpc) is 1.86. The predicted molar refractivity (Wildman–Crippen MR) is 43.0 cm³/mol. The Kier molecular flexibility index (Phi) is 1.74. The van der Waals surface area contributed by atoms with Crippen LogP contribution in [0, 0.1) is 0 Å². The van der Waals surface area contributed by atoms with Gasteiger partial charge in [0.2, 0.25) is 0 Å². The molecule has 2 N–H and O–H groups in total. The van der Waals surface area contributed by atoms with Crippen LogP contribution in [0.2, 0.25) is 0 Å². The highest BCUT2D eigenvalue weighted by Crippen LogP contribution is 2.35. The van der Waals surface area contributed by atoms with Gasteiger partial charge >= 0.3 is 0 Å². The van der Waals surface area contributed by atoms with Gasteiger partial charge in [0.05, 0.1) is 0 Å². The van der Waals surface area contributed by atoms with E-state index in [1.54, 1.807) is 12.1 Å². The second-order valence-corrected chi connectivity index (χ2v) is 2.65. The van der Waals surface area contributed by atoms with Crippen LogP contribution in [0.5, 0.6) is 0 Å². The summed E-state index contributed by atoms with van der Waals surface area (Å²) >= 11 is 0. The van der Waals surface area contributed by atoms with Gasteiger partial charge in [-0.25, -0.2) is 0 Å². The highest BCUT2D eigenvalue weighted by molar-refractivity contribution is 5.39. The van der Waals surface area contributed by atoms with E-state index in [1.807, 2.05) is 12.1 Å². The van der Waals surface area contributed by atoms with Crippen LogP contribution in [-0.2, 0) is 12.2 Å². The standard InChI is InChI=1S/C8H8O2.CH4/c9-8(10)5-6-3-1-2-4-7(6)8;/h1-4,9-10H,5H2;1H4. The van der Waals surface area contributed by atoms with Gasteiger partial charge < -0.3 is 10.2 Å². The third kappa shape index (κ3) is 1.04. The van der Waals surface area contributed by atoms with Crippen molar-refractivity contribution < 1.29 is 10.2 Å². The molecule has 0 saturated heterocycles. The molecule has 0 unspecified atom stereocenters. The van der Waals surface area contributed by atoms with E-state index < -0.39 is 5.79 Å². The molecular weight excluding hydrogens is 140 g/mol. The van der Waals surface area contributed by atoms with Crippen molar-refractivity contribution >= 4 is 0 Å². The highest BCUT2D eigenvalue weighted by Gasteiger charge is 2.37. The minimum Gasteiger partial charge on any atom is -0.362 e. The molecule has 1 aliphatic rings. The predicted octanol–water partition coefficient (Wildman–Crippen LogP) is 1.02. The van der Waals surface area contributed by atoms with E-state index >= 15 is 0 Å². The number of rotatable bonds is 0. The molecule has 0 amide bonds. The summed E-state index contributed by atoms with van der Waals surface area (Å²) in [5, 5.41) is 18.2. The second-order valence-electron chi connectivity index (χ2n) is 2.65.